The Morgan fingerprint density at radius 3 is 2.59 bits per heavy atom. The van der Waals surface area contributed by atoms with Crippen LogP contribution in [0.2, 0.25) is 0 Å². The molecule has 3 unspecified atom stereocenters. The summed E-state index contributed by atoms with van der Waals surface area (Å²) < 4.78 is 0. The van der Waals surface area contributed by atoms with Crippen molar-refractivity contribution in [3.05, 3.63) is 0 Å². The van der Waals surface area contributed by atoms with Gasteiger partial charge in [-0.05, 0) is 57.2 Å². The molecule has 1 aliphatic heterocycles. The first-order valence-corrected chi connectivity index (χ1v) is 7.76. The van der Waals surface area contributed by atoms with Crippen LogP contribution < -0.4 is 5.32 Å². The lowest BCUT2D eigenvalue weighted by atomic mass is 9.84. The molecule has 2 rings (SSSR count). The van der Waals surface area contributed by atoms with Gasteiger partial charge in [-0.1, -0.05) is 26.7 Å². The minimum Gasteiger partial charge on any atom is -0.316 e. The monoisotopic (exact) mass is 238 g/mol. The van der Waals surface area contributed by atoms with E-state index in [1.165, 1.54) is 64.7 Å². The summed E-state index contributed by atoms with van der Waals surface area (Å²) >= 11 is 0. The first kappa shape index (κ1) is 13.4. The Hall–Kier alpha value is -0.0800. The third-order valence-electron chi connectivity index (χ3n) is 4.83. The van der Waals surface area contributed by atoms with Crippen molar-refractivity contribution in [3.63, 3.8) is 0 Å². The van der Waals surface area contributed by atoms with Crippen LogP contribution in [0.3, 0.4) is 0 Å². The molecule has 1 heterocycles. The van der Waals surface area contributed by atoms with Gasteiger partial charge in [0.2, 0.25) is 0 Å². The minimum atomic E-state index is 0.871. The molecule has 1 aliphatic carbocycles. The van der Waals surface area contributed by atoms with Crippen LogP contribution in [0.15, 0.2) is 0 Å². The van der Waals surface area contributed by atoms with Crippen molar-refractivity contribution in [1.82, 2.24) is 10.2 Å². The van der Waals surface area contributed by atoms with Gasteiger partial charge in [0, 0.05) is 12.6 Å². The Bertz CT molecular complexity index is 211. The molecular weight excluding hydrogens is 208 g/mol. The maximum atomic E-state index is 3.55. The molecule has 1 N–H and O–H groups in total. The zero-order chi connectivity index (χ0) is 12.1. The fourth-order valence-electron chi connectivity index (χ4n) is 3.75. The summed E-state index contributed by atoms with van der Waals surface area (Å²) in [5.74, 6) is 1.82. The lowest BCUT2D eigenvalue weighted by molar-refractivity contribution is 0.0941. The van der Waals surface area contributed by atoms with E-state index in [0.717, 1.165) is 17.9 Å². The van der Waals surface area contributed by atoms with Crippen molar-refractivity contribution >= 4 is 0 Å². The lowest BCUT2D eigenvalue weighted by Gasteiger charge is -2.40. The Labute approximate surface area is 107 Å². The van der Waals surface area contributed by atoms with E-state index in [1.54, 1.807) is 0 Å². The molecule has 1 saturated heterocycles. The third kappa shape index (κ3) is 3.69. The predicted molar refractivity (Wildman–Crippen MR) is 74.3 cm³/mol. The molecule has 2 nitrogen and oxygen atoms in total. The number of nitrogens with one attached hydrogen (secondary N) is 1. The summed E-state index contributed by atoms with van der Waals surface area (Å²) in [6.45, 7) is 9.87. The van der Waals surface area contributed by atoms with E-state index in [1.807, 2.05) is 0 Å². The molecule has 0 amide bonds. The normalized spacial score (nSPS) is 35.1. The van der Waals surface area contributed by atoms with E-state index in [4.69, 9.17) is 0 Å². The van der Waals surface area contributed by atoms with Gasteiger partial charge in [-0.3, -0.25) is 0 Å². The molecule has 0 bridgehead atoms. The molecule has 2 heteroatoms. The topological polar surface area (TPSA) is 15.3 Å². The molecule has 0 aromatic heterocycles. The number of nitrogens with zero attached hydrogens (tertiary/aromatic N) is 1. The second-order valence-electron chi connectivity index (χ2n) is 6.13. The molecule has 2 fully saturated rings. The average Bonchev–Trinajstić information content (AvgIpc) is 2.38. The van der Waals surface area contributed by atoms with Gasteiger partial charge in [0.15, 0.2) is 0 Å². The molecular formula is C15H30N2. The summed E-state index contributed by atoms with van der Waals surface area (Å²) in [4.78, 5) is 2.78. The first-order chi connectivity index (χ1) is 8.31. The smallest absolute Gasteiger partial charge is 0.0121 e. The van der Waals surface area contributed by atoms with Gasteiger partial charge in [-0.15, -0.1) is 0 Å². The molecule has 2 aliphatic rings. The van der Waals surface area contributed by atoms with Gasteiger partial charge < -0.3 is 10.2 Å². The van der Waals surface area contributed by atoms with Crippen molar-refractivity contribution in [1.29, 1.82) is 0 Å². The van der Waals surface area contributed by atoms with Crippen molar-refractivity contribution in [3.8, 4) is 0 Å². The molecule has 3 atom stereocenters. The summed E-state index contributed by atoms with van der Waals surface area (Å²) in [5.41, 5.74) is 0. The standard InChI is InChI=1S/C15H30N2/c1-3-17(12-14-8-6-10-16-11-14)15-9-5-4-7-13(15)2/h13-16H,3-12H2,1-2H3. The van der Waals surface area contributed by atoms with E-state index in [9.17, 15) is 0 Å². The van der Waals surface area contributed by atoms with E-state index in [0.29, 0.717) is 0 Å². The second kappa shape index (κ2) is 6.75. The summed E-state index contributed by atoms with van der Waals surface area (Å²) in [6.07, 6.45) is 8.61. The van der Waals surface area contributed by atoms with E-state index in [2.05, 4.69) is 24.1 Å². The number of rotatable bonds is 4. The van der Waals surface area contributed by atoms with Crippen LogP contribution in [0.1, 0.15) is 52.4 Å². The number of piperidine rings is 1. The molecule has 0 aromatic carbocycles. The molecule has 0 spiro atoms. The van der Waals surface area contributed by atoms with E-state index < -0.39 is 0 Å². The van der Waals surface area contributed by atoms with Crippen LogP contribution in [0.25, 0.3) is 0 Å². The molecule has 0 aromatic rings. The van der Waals surface area contributed by atoms with Crippen LogP contribution >= 0.6 is 0 Å². The summed E-state index contributed by atoms with van der Waals surface area (Å²) in [7, 11) is 0. The van der Waals surface area contributed by atoms with Crippen LogP contribution in [-0.2, 0) is 0 Å². The largest absolute Gasteiger partial charge is 0.316 e. The highest BCUT2D eigenvalue weighted by Gasteiger charge is 2.28. The van der Waals surface area contributed by atoms with Crippen LogP contribution in [-0.4, -0.2) is 37.1 Å². The quantitative estimate of drug-likeness (QED) is 0.810. The molecule has 17 heavy (non-hydrogen) atoms. The zero-order valence-corrected chi connectivity index (χ0v) is 11.8. The van der Waals surface area contributed by atoms with E-state index >= 15 is 0 Å². The number of hydrogen-bond donors (Lipinski definition) is 1. The Morgan fingerprint density at radius 2 is 1.94 bits per heavy atom. The first-order valence-electron chi connectivity index (χ1n) is 7.76. The number of hydrogen-bond acceptors (Lipinski definition) is 2. The van der Waals surface area contributed by atoms with Crippen molar-refractivity contribution in [2.24, 2.45) is 11.8 Å². The van der Waals surface area contributed by atoms with Gasteiger partial charge >= 0.3 is 0 Å². The Kier molecular flexibility index (Phi) is 5.30. The minimum absolute atomic E-state index is 0.871. The second-order valence-corrected chi connectivity index (χ2v) is 6.13. The summed E-state index contributed by atoms with van der Waals surface area (Å²) in [5, 5.41) is 3.55. The fourth-order valence-corrected chi connectivity index (χ4v) is 3.75. The average molecular weight is 238 g/mol. The van der Waals surface area contributed by atoms with Crippen molar-refractivity contribution in [2.75, 3.05) is 26.2 Å². The van der Waals surface area contributed by atoms with Crippen LogP contribution in [0.5, 0.6) is 0 Å². The fraction of sp³-hybridized carbons (Fsp3) is 1.00. The van der Waals surface area contributed by atoms with Gasteiger partial charge in [0.25, 0.3) is 0 Å². The van der Waals surface area contributed by atoms with Crippen molar-refractivity contribution < 1.29 is 0 Å². The molecule has 0 radical (unpaired) electrons. The van der Waals surface area contributed by atoms with Gasteiger partial charge in [0.05, 0.1) is 0 Å². The highest BCUT2D eigenvalue weighted by Crippen LogP contribution is 2.29. The third-order valence-corrected chi connectivity index (χ3v) is 4.83. The Balaban J connectivity index is 1.85. The van der Waals surface area contributed by atoms with Crippen LogP contribution in [0, 0.1) is 11.8 Å². The van der Waals surface area contributed by atoms with Crippen LogP contribution in [0.4, 0.5) is 0 Å². The van der Waals surface area contributed by atoms with E-state index in [-0.39, 0.29) is 0 Å². The highest BCUT2D eigenvalue weighted by atomic mass is 15.2. The highest BCUT2D eigenvalue weighted by molar-refractivity contribution is 4.83. The van der Waals surface area contributed by atoms with Crippen molar-refractivity contribution in [2.45, 2.75) is 58.4 Å². The maximum absolute atomic E-state index is 3.55. The molecule has 100 valence electrons. The Morgan fingerprint density at radius 1 is 1.12 bits per heavy atom. The SMILES string of the molecule is CCN(CC1CCCNC1)C1CCCCC1C. The summed E-state index contributed by atoms with van der Waals surface area (Å²) in [6, 6.07) is 0.871. The predicted octanol–water partition coefficient (Wildman–Crippen LogP) is 2.89. The lowest BCUT2D eigenvalue weighted by Crippen LogP contribution is -2.46. The molecule has 1 saturated carbocycles. The van der Waals surface area contributed by atoms with Gasteiger partial charge in [0.1, 0.15) is 0 Å². The maximum Gasteiger partial charge on any atom is 0.0121 e. The zero-order valence-electron chi connectivity index (χ0n) is 11.8. The van der Waals surface area contributed by atoms with Gasteiger partial charge in [-0.25, -0.2) is 0 Å². The van der Waals surface area contributed by atoms with Gasteiger partial charge in [-0.2, -0.15) is 0 Å².